The van der Waals surface area contributed by atoms with Gasteiger partial charge in [-0.05, 0) is 31.2 Å². The third-order valence-electron chi connectivity index (χ3n) is 2.14. The third-order valence-corrected chi connectivity index (χ3v) is 2.37. The van der Waals surface area contributed by atoms with Crippen molar-refractivity contribution in [1.82, 2.24) is 0 Å². The Labute approximate surface area is 94.6 Å². The number of hydrogen-bond acceptors (Lipinski definition) is 2. The van der Waals surface area contributed by atoms with Crippen LogP contribution >= 0.6 is 11.6 Å². The summed E-state index contributed by atoms with van der Waals surface area (Å²) < 4.78 is 0. The SMILES string of the molecule is CC(CCN)C(=O)Nc1cccc(Cl)c1. The summed E-state index contributed by atoms with van der Waals surface area (Å²) in [7, 11) is 0. The Balaban J connectivity index is 2.58. The van der Waals surface area contributed by atoms with Crippen LogP contribution in [0.15, 0.2) is 24.3 Å². The number of rotatable bonds is 4. The number of hydrogen-bond donors (Lipinski definition) is 2. The molecule has 0 saturated carbocycles. The number of carbonyl (C=O) groups is 1. The van der Waals surface area contributed by atoms with Crippen LogP contribution in [0.1, 0.15) is 13.3 Å². The van der Waals surface area contributed by atoms with Crippen molar-refractivity contribution in [3.8, 4) is 0 Å². The van der Waals surface area contributed by atoms with Crippen LogP contribution < -0.4 is 11.1 Å². The predicted octanol–water partition coefficient (Wildman–Crippen LogP) is 2.26. The van der Waals surface area contributed by atoms with Crippen LogP contribution in [0, 0.1) is 5.92 Å². The number of halogens is 1. The minimum Gasteiger partial charge on any atom is -0.330 e. The molecular weight excluding hydrogens is 212 g/mol. The van der Waals surface area contributed by atoms with Gasteiger partial charge in [0, 0.05) is 16.6 Å². The first-order valence-electron chi connectivity index (χ1n) is 4.90. The Kier molecular flexibility index (Phi) is 4.59. The maximum Gasteiger partial charge on any atom is 0.227 e. The quantitative estimate of drug-likeness (QED) is 0.828. The Bertz CT molecular complexity index is 341. The molecule has 1 aromatic rings. The van der Waals surface area contributed by atoms with Gasteiger partial charge in [0.15, 0.2) is 0 Å². The van der Waals surface area contributed by atoms with Gasteiger partial charge < -0.3 is 11.1 Å². The second kappa shape index (κ2) is 5.73. The van der Waals surface area contributed by atoms with E-state index in [1.165, 1.54) is 0 Å². The monoisotopic (exact) mass is 226 g/mol. The Morgan fingerprint density at radius 1 is 1.60 bits per heavy atom. The van der Waals surface area contributed by atoms with Crippen molar-refractivity contribution in [2.45, 2.75) is 13.3 Å². The summed E-state index contributed by atoms with van der Waals surface area (Å²) in [6.07, 6.45) is 0.687. The first kappa shape index (κ1) is 12.0. The summed E-state index contributed by atoms with van der Waals surface area (Å²) in [4.78, 5) is 11.6. The molecule has 1 unspecified atom stereocenters. The van der Waals surface area contributed by atoms with Gasteiger partial charge >= 0.3 is 0 Å². The highest BCUT2D eigenvalue weighted by atomic mass is 35.5. The van der Waals surface area contributed by atoms with E-state index in [9.17, 15) is 4.79 Å². The molecule has 3 nitrogen and oxygen atoms in total. The van der Waals surface area contributed by atoms with Crippen molar-refractivity contribution in [3.63, 3.8) is 0 Å². The fourth-order valence-corrected chi connectivity index (χ4v) is 1.40. The molecule has 0 spiro atoms. The smallest absolute Gasteiger partial charge is 0.227 e. The summed E-state index contributed by atoms with van der Waals surface area (Å²) in [6, 6.07) is 7.08. The van der Waals surface area contributed by atoms with Crippen LogP contribution in [0.3, 0.4) is 0 Å². The Hall–Kier alpha value is -1.06. The second-order valence-electron chi connectivity index (χ2n) is 3.48. The zero-order valence-corrected chi connectivity index (χ0v) is 9.42. The van der Waals surface area contributed by atoms with Gasteiger partial charge in [-0.15, -0.1) is 0 Å². The summed E-state index contributed by atoms with van der Waals surface area (Å²) in [5, 5.41) is 3.40. The van der Waals surface area contributed by atoms with E-state index in [2.05, 4.69) is 5.32 Å². The lowest BCUT2D eigenvalue weighted by Crippen LogP contribution is -2.22. The lowest BCUT2D eigenvalue weighted by molar-refractivity contribution is -0.119. The summed E-state index contributed by atoms with van der Waals surface area (Å²) in [5.74, 6) is -0.100. The van der Waals surface area contributed by atoms with E-state index < -0.39 is 0 Å². The number of nitrogens with two attached hydrogens (primary N) is 1. The lowest BCUT2D eigenvalue weighted by atomic mass is 10.1. The lowest BCUT2D eigenvalue weighted by Gasteiger charge is -2.10. The number of benzene rings is 1. The fraction of sp³-hybridized carbons (Fsp3) is 0.364. The van der Waals surface area contributed by atoms with Crippen molar-refractivity contribution in [2.24, 2.45) is 11.7 Å². The van der Waals surface area contributed by atoms with E-state index in [-0.39, 0.29) is 11.8 Å². The minimum atomic E-state index is -0.0750. The van der Waals surface area contributed by atoms with E-state index in [1.807, 2.05) is 6.92 Å². The van der Waals surface area contributed by atoms with Crippen LogP contribution in [0.2, 0.25) is 5.02 Å². The molecule has 1 rings (SSSR count). The van der Waals surface area contributed by atoms with E-state index in [4.69, 9.17) is 17.3 Å². The van der Waals surface area contributed by atoms with E-state index in [1.54, 1.807) is 24.3 Å². The van der Waals surface area contributed by atoms with Crippen LogP contribution in [0.25, 0.3) is 0 Å². The second-order valence-corrected chi connectivity index (χ2v) is 3.91. The van der Waals surface area contributed by atoms with Gasteiger partial charge in [-0.3, -0.25) is 4.79 Å². The topological polar surface area (TPSA) is 55.1 Å². The molecule has 0 fully saturated rings. The highest BCUT2D eigenvalue weighted by Gasteiger charge is 2.11. The Morgan fingerprint density at radius 3 is 2.93 bits per heavy atom. The van der Waals surface area contributed by atoms with Crippen LogP contribution in [0.4, 0.5) is 5.69 Å². The molecule has 0 aliphatic rings. The number of nitrogens with one attached hydrogen (secondary N) is 1. The summed E-state index contributed by atoms with van der Waals surface area (Å²) in [6.45, 7) is 2.37. The molecule has 1 atom stereocenters. The van der Waals surface area contributed by atoms with Gasteiger partial charge in [0.1, 0.15) is 0 Å². The zero-order chi connectivity index (χ0) is 11.3. The molecule has 15 heavy (non-hydrogen) atoms. The largest absolute Gasteiger partial charge is 0.330 e. The molecule has 1 amide bonds. The third kappa shape index (κ3) is 3.90. The molecule has 1 aromatic carbocycles. The molecule has 82 valence electrons. The van der Waals surface area contributed by atoms with Crippen LogP contribution in [0.5, 0.6) is 0 Å². The maximum absolute atomic E-state index is 11.6. The zero-order valence-electron chi connectivity index (χ0n) is 8.66. The number of anilines is 1. The van der Waals surface area contributed by atoms with E-state index >= 15 is 0 Å². The van der Waals surface area contributed by atoms with Crippen molar-refractivity contribution in [1.29, 1.82) is 0 Å². The van der Waals surface area contributed by atoms with Gasteiger partial charge in [-0.25, -0.2) is 0 Å². The predicted molar refractivity (Wildman–Crippen MR) is 62.9 cm³/mol. The minimum absolute atomic E-state index is 0.0253. The van der Waals surface area contributed by atoms with Gasteiger partial charge in [-0.1, -0.05) is 24.6 Å². The average Bonchev–Trinajstić information content (AvgIpc) is 2.18. The van der Waals surface area contributed by atoms with E-state index in [0.717, 1.165) is 5.69 Å². The first-order chi connectivity index (χ1) is 7.13. The molecule has 0 saturated heterocycles. The van der Waals surface area contributed by atoms with Crippen LogP contribution in [-0.2, 0) is 4.79 Å². The number of carbonyl (C=O) groups excluding carboxylic acids is 1. The maximum atomic E-state index is 11.6. The van der Waals surface area contributed by atoms with Gasteiger partial charge in [0.05, 0.1) is 0 Å². The molecule has 4 heteroatoms. The molecule has 0 radical (unpaired) electrons. The molecule has 0 aliphatic carbocycles. The molecule has 0 aromatic heterocycles. The standard InChI is InChI=1S/C11H15ClN2O/c1-8(5-6-13)11(15)14-10-4-2-3-9(12)7-10/h2-4,7-8H,5-6,13H2,1H3,(H,14,15). The average molecular weight is 227 g/mol. The van der Waals surface area contributed by atoms with Gasteiger partial charge in [0.2, 0.25) is 5.91 Å². The van der Waals surface area contributed by atoms with Crippen molar-refractivity contribution in [2.75, 3.05) is 11.9 Å². The first-order valence-corrected chi connectivity index (χ1v) is 5.27. The normalized spacial score (nSPS) is 12.2. The van der Waals surface area contributed by atoms with Gasteiger partial charge in [0.25, 0.3) is 0 Å². The van der Waals surface area contributed by atoms with Crippen LogP contribution in [-0.4, -0.2) is 12.5 Å². The Morgan fingerprint density at radius 2 is 2.33 bits per heavy atom. The highest BCUT2D eigenvalue weighted by Crippen LogP contribution is 2.16. The highest BCUT2D eigenvalue weighted by molar-refractivity contribution is 6.30. The molecule has 0 bridgehead atoms. The summed E-state index contributed by atoms with van der Waals surface area (Å²) in [5.41, 5.74) is 6.10. The van der Waals surface area contributed by atoms with Crippen molar-refractivity contribution in [3.05, 3.63) is 29.3 Å². The molecule has 0 aliphatic heterocycles. The molecule has 0 heterocycles. The molecular formula is C11H15ClN2O. The van der Waals surface area contributed by atoms with Gasteiger partial charge in [-0.2, -0.15) is 0 Å². The number of amides is 1. The summed E-state index contributed by atoms with van der Waals surface area (Å²) >= 11 is 5.80. The molecule has 3 N–H and O–H groups in total. The van der Waals surface area contributed by atoms with Crippen molar-refractivity contribution >= 4 is 23.2 Å². The van der Waals surface area contributed by atoms with Crippen molar-refractivity contribution < 1.29 is 4.79 Å². The fourth-order valence-electron chi connectivity index (χ4n) is 1.21. The van der Waals surface area contributed by atoms with E-state index in [0.29, 0.717) is 18.0 Å².